The largest absolute Gasteiger partial charge is 0.490 e. The Balaban J connectivity index is 0.00000216. The predicted octanol–water partition coefficient (Wildman–Crippen LogP) is 4.43. The molecule has 202 valence electrons. The number of halogens is 3. The lowest BCUT2D eigenvalue weighted by atomic mass is 9.89. The molecule has 8 nitrogen and oxygen atoms in total. The van der Waals surface area contributed by atoms with Crippen molar-refractivity contribution >= 4 is 36.9 Å². The number of carbonyl (C=O) groups excluding carboxylic acids is 1. The first-order valence-corrected chi connectivity index (χ1v) is 10.7. The number of rotatable bonds is 7. The van der Waals surface area contributed by atoms with Crippen LogP contribution >= 0.6 is 13.5 Å². The average Bonchev–Trinajstić information content (AvgIpc) is 2.74. The second-order valence-electron chi connectivity index (χ2n) is 8.33. The Morgan fingerprint density at radius 3 is 2.33 bits per heavy atom. The number of ether oxygens (including phenoxy) is 2. The zero-order chi connectivity index (χ0) is 23.9. The number of anilines is 3. The number of hydrogen-bond donors (Lipinski definition) is 1. The SMILES string of the molecule is C.C.COCCN1C(=O)[C@H](C)N(C)c2nc(NC3CC(Oc4cc(F)c(F)c(F)c4)C3)nc(C)c21.S. The summed E-state index contributed by atoms with van der Waals surface area (Å²) >= 11 is 0. The minimum Gasteiger partial charge on any atom is -0.490 e. The van der Waals surface area contributed by atoms with E-state index in [1.165, 1.54) is 0 Å². The predicted molar refractivity (Wildman–Crippen MR) is 140 cm³/mol. The summed E-state index contributed by atoms with van der Waals surface area (Å²) in [5.74, 6) is -3.10. The highest BCUT2D eigenvalue weighted by molar-refractivity contribution is 7.59. The molecule has 2 aliphatic rings. The molecule has 1 N–H and O–H groups in total. The molecule has 12 heteroatoms. The Morgan fingerprint density at radius 1 is 1.14 bits per heavy atom. The zero-order valence-electron chi connectivity index (χ0n) is 19.4. The van der Waals surface area contributed by atoms with Gasteiger partial charge in [-0.1, -0.05) is 14.9 Å². The van der Waals surface area contributed by atoms with Crippen LogP contribution in [0.1, 0.15) is 40.3 Å². The molecule has 1 atom stereocenters. The quantitative estimate of drug-likeness (QED) is 0.530. The molecule has 36 heavy (non-hydrogen) atoms. The molecule has 1 aromatic heterocycles. The van der Waals surface area contributed by atoms with E-state index in [4.69, 9.17) is 9.47 Å². The molecule has 0 unspecified atom stereocenters. The van der Waals surface area contributed by atoms with Crippen LogP contribution in [0.4, 0.5) is 30.6 Å². The third-order valence-electron chi connectivity index (χ3n) is 6.06. The van der Waals surface area contributed by atoms with E-state index >= 15 is 0 Å². The minimum atomic E-state index is -1.52. The number of benzene rings is 1. The molecule has 1 aromatic carbocycles. The minimum absolute atomic E-state index is 0. The van der Waals surface area contributed by atoms with E-state index in [2.05, 4.69) is 15.3 Å². The molecule has 0 radical (unpaired) electrons. The van der Waals surface area contributed by atoms with E-state index in [1.807, 2.05) is 25.8 Å². The fraction of sp³-hybridized carbons (Fsp3) is 0.542. The maximum Gasteiger partial charge on any atom is 0.249 e. The fourth-order valence-electron chi connectivity index (χ4n) is 4.02. The van der Waals surface area contributed by atoms with Crippen LogP contribution in [0.15, 0.2) is 12.1 Å². The van der Waals surface area contributed by atoms with Crippen LogP contribution in [0.3, 0.4) is 0 Å². The molecular weight excluding hydrogens is 495 g/mol. The Labute approximate surface area is 217 Å². The number of nitrogens with one attached hydrogen (secondary N) is 1. The summed E-state index contributed by atoms with van der Waals surface area (Å²) in [7, 11) is 3.40. The van der Waals surface area contributed by atoms with Crippen LogP contribution < -0.4 is 19.9 Å². The van der Waals surface area contributed by atoms with Crippen LogP contribution in [0, 0.1) is 24.4 Å². The fourth-order valence-corrected chi connectivity index (χ4v) is 4.02. The summed E-state index contributed by atoms with van der Waals surface area (Å²) in [6, 6.07) is 1.29. The number of aryl methyl sites for hydroxylation is 1. The van der Waals surface area contributed by atoms with Crippen LogP contribution in [-0.4, -0.2) is 61.4 Å². The standard InChI is InChI=1S/C22H26F3N5O3.2CH4.H2S/c1-11-19-20(29(3)12(2)21(31)30(19)5-6-32-4)28-22(26-11)27-13-7-14(8-13)33-15-9-16(23)18(25)17(24)10-15;;;/h9-10,12-14H,5-8H2,1-4H3,(H,26,27,28);2*1H4;1H2/t12-,13?,14?;;;/m0.../s1. The highest BCUT2D eigenvalue weighted by atomic mass is 32.1. The van der Waals surface area contributed by atoms with Crippen molar-refractivity contribution in [2.45, 2.75) is 59.7 Å². The molecule has 1 fully saturated rings. The number of carbonyl (C=O) groups is 1. The summed E-state index contributed by atoms with van der Waals surface area (Å²) in [6.07, 6.45) is 0.852. The molecule has 1 amide bonds. The Kier molecular flexibility index (Phi) is 10.9. The number of aromatic nitrogens is 2. The van der Waals surface area contributed by atoms with Gasteiger partial charge in [-0.25, -0.2) is 18.2 Å². The highest BCUT2D eigenvalue weighted by Crippen LogP contribution is 2.37. The number of fused-ring (bicyclic) bond motifs is 1. The van der Waals surface area contributed by atoms with Gasteiger partial charge in [0.05, 0.1) is 12.3 Å². The van der Waals surface area contributed by atoms with Gasteiger partial charge in [0.1, 0.15) is 23.6 Å². The lowest BCUT2D eigenvalue weighted by Gasteiger charge is -2.40. The Bertz CT molecular complexity index is 1050. The lowest BCUT2D eigenvalue weighted by molar-refractivity contribution is -0.120. The van der Waals surface area contributed by atoms with E-state index in [-0.39, 0.29) is 58.2 Å². The molecule has 2 aromatic rings. The topological polar surface area (TPSA) is 79.8 Å². The van der Waals surface area contributed by atoms with Gasteiger partial charge < -0.3 is 24.6 Å². The monoisotopic (exact) mass is 531 g/mol. The summed E-state index contributed by atoms with van der Waals surface area (Å²) in [5.41, 5.74) is 1.33. The van der Waals surface area contributed by atoms with Crippen molar-refractivity contribution < 1.29 is 27.4 Å². The second-order valence-corrected chi connectivity index (χ2v) is 8.33. The summed E-state index contributed by atoms with van der Waals surface area (Å²) in [6.45, 7) is 4.45. The van der Waals surface area contributed by atoms with Crippen molar-refractivity contribution in [3.05, 3.63) is 35.3 Å². The molecule has 1 aliphatic carbocycles. The number of nitrogens with zero attached hydrogens (tertiary/aromatic N) is 4. The van der Waals surface area contributed by atoms with Gasteiger partial charge in [0.25, 0.3) is 0 Å². The van der Waals surface area contributed by atoms with Crippen LogP contribution in [0.2, 0.25) is 0 Å². The van der Waals surface area contributed by atoms with Crippen molar-refractivity contribution in [2.24, 2.45) is 0 Å². The maximum atomic E-state index is 13.4. The Hall–Kier alpha value is -2.73. The van der Waals surface area contributed by atoms with Gasteiger partial charge in [0.2, 0.25) is 11.9 Å². The first-order valence-electron chi connectivity index (χ1n) is 10.7. The second kappa shape index (κ2) is 12.5. The van der Waals surface area contributed by atoms with Crippen LogP contribution in [0.25, 0.3) is 0 Å². The van der Waals surface area contributed by atoms with Crippen molar-refractivity contribution in [1.82, 2.24) is 9.97 Å². The molecule has 0 bridgehead atoms. The van der Waals surface area contributed by atoms with E-state index < -0.39 is 17.5 Å². The van der Waals surface area contributed by atoms with Gasteiger partial charge >= 0.3 is 0 Å². The van der Waals surface area contributed by atoms with Crippen molar-refractivity contribution in [3.8, 4) is 5.75 Å². The first-order chi connectivity index (χ1) is 15.7. The van der Waals surface area contributed by atoms with Crippen molar-refractivity contribution in [2.75, 3.05) is 42.4 Å². The van der Waals surface area contributed by atoms with Gasteiger partial charge in [-0.3, -0.25) is 4.79 Å². The normalized spacial score (nSPS) is 20.3. The molecule has 1 saturated carbocycles. The molecule has 4 rings (SSSR count). The molecule has 0 spiro atoms. The van der Waals surface area contributed by atoms with E-state index in [0.29, 0.717) is 49.1 Å². The van der Waals surface area contributed by atoms with Crippen LogP contribution in [-0.2, 0) is 9.53 Å². The summed E-state index contributed by atoms with van der Waals surface area (Å²) < 4.78 is 50.5. The number of hydrogen-bond acceptors (Lipinski definition) is 7. The zero-order valence-corrected chi connectivity index (χ0v) is 20.4. The van der Waals surface area contributed by atoms with Gasteiger partial charge in [-0.2, -0.15) is 18.5 Å². The lowest BCUT2D eigenvalue weighted by Crippen LogP contribution is -2.52. The smallest absolute Gasteiger partial charge is 0.249 e. The molecule has 0 saturated heterocycles. The van der Waals surface area contributed by atoms with Crippen LogP contribution in [0.5, 0.6) is 5.75 Å². The third kappa shape index (κ3) is 5.97. The van der Waals surface area contributed by atoms with Gasteiger partial charge in [0.15, 0.2) is 23.3 Å². The molecular formula is C24H36F3N5O3S. The van der Waals surface area contributed by atoms with E-state index in [1.54, 1.807) is 12.0 Å². The molecule has 1 aliphatic heterocycles. The first kappa shape index (κ1) is 31.3. The number of methoxy groups -OCH3 is 1. The number of likely N-dealkylation sites (N-methyl/N-ethyl adjacent to an activating group) is 1. The van der Waals surface area contributed by atoms with Gasteiger partial charge in [-0.15, -0.1) is 0 Å². The van der Waals surface area contributed by atoms with E-state index in [9.17, 15) is 18.0 Å². The summed E-state index contributed by atoms with van der Waals surface area (Å²) in [4.78, 5) is 25.5. The van der Waals surface area contributed by atoms with E-state index in [0.717, 1.165) is 12.1 Å². The maximum absolute atomic E-state index is 13.4. The van der Waals surface area contributed by atoms with Gasteiger partial charge in [0, 0.05) is 51.7 Å². The molecule has 2 heterocycles. The van der Waals surface area contributed by atoms with Crippen molar-refractivity contribution in [1.29, 1.82) is 0 Å². The Morgan fingerprint density at radius 2 is 1.75 bits per heavy atom. The summed E-state index contributed by atoms with van der Waals surface area (Å²) in [5, 5.41) is 3.26. The van der Waals surface area contributed by atoms with Crippen molar-refractivity contribution in [3.63, 3.8) is 0 Å². The third-order valence-corrected chi connectivity index (χ3v) is 6.06. The number of amides is 1. The average molecular weight is 532 g/mol. The van der Waals surface area contributed by atoms with Gasteiger partial charge in [-0.05, 0) is 13.8 Å². The highest BCUT2D eigenvalue weighted by Gasteiger charge is 2.37.